The Morgan fingerprint density at radius 3 is 2.15 bits per heavy atom. The number of amides is 3. The zero-order chi connectivity index (χ0) is 19.8. The van der Waals surface area contributed by atoms with Gasteiger partial charge in [-0.25, -0.2) is 14.4 Å². The number of carboxylic acid groups (broad SMARTS) is 1. The van der Waals surface area contributed by atoms with E-state index in [1.54, 1.807) is 24.3 Å². The van der Waals surface area contributed by atoms with Crippen LogP contribution in [0.4, 0.5) is 9.59 Å². The second-order valence-corrected chi connectivity index (χ2v) is 5.84. The highest BCUT2D eigenvalue weighted by Crippen LogP contribution is 2.15. The number of aliphatic carboxylic acids is 1. The first-order chi connectivity index (χ1) is 12.9. The minimum atomic E-state index is -1.14. The molecule has 1 atom stereocenters. The molecular formula is C17H21N3O7. The van der Waals surface area contributed by atoms with E-state index in [0.29, 0.717) is 43.9 Å². The number of nitrogens with one attached hydrogen (secondary N) is 1. The fourth-order valence-electron chi connectivity index (χ4n) is 2.60. The number of nitrogens with zero attached hydrogens (tertiary/aromatic N) is 2. The van der Waals surface area contributed by atoms with Gasteiger partial charge in [0.05, 0.1) is 7.11 Å². The molecule has 0 aliphatic carbocycles. The van der Waals surface area contributed by atoms with Gasteiger partial charge in [0.2, 0.25) is 6.41 Å². The molecular weight excluding hydrogens is 358 g/mol. The maximum Gasteiger partial charge on any atom is 0.415 e. The molecule has 3 amide bonds. The quantitative estimate of drug-likeness (QED) is 0.681. The number of carbonyl (C=O) groups is 4. The number of rotatable bonds is 6. The van der Waals surface area contributed by atoms with Crippen molar-refractivity contribution in [2.75, 3.05) is 33.3 Å². The van der Waals surface area contributed by atoms with Crippen LogP contribution in [0.1, 0.15) is 5.56 Å². The van der Waals surface area contributed by atoms with E-state index in [4.69, 9.17) is 9.84 Å². The average molecular weight is 379 g/mol. The smallest absolute Gasteiger partial charge is 0.415 e. The molecule has 2 rings (SSSR count). The third-order valence-electron chi connectivity index (χ3n) is 4.11. The molecule has 1 saturated heterocycles. The Hall–Kier alpha value is -3.30. The number of methoxy groups -OCH3 is 1. The van der Waals surface area contributed by atoms with Crippen molar-refractivity contribution in [2.24, 2.45) is 0 Å². The Morgan fingerprint density at radius 1 is 1.11 bits per heavy atom. The molecule has 0 unspecified atom stereocenters. The summed E-state index contributed by atoms with van der Waals surface area (Å²) in [5, 5.41) is 11.3. The van der Waals surface area contributed by atoms with Crippen LogP contribution < -0.4 is 10.1 Å². The topological polar surface area (TPSA) is 125 Å². The standard InChI is InChI=1S/C17H21N3O7/c1-26-16(24)19-6-8-20(9-7-19)17(25)27-13-4-2-12(3-5-13)10-14(15(22)23)18-11-21/h2-5,11,14H,6-10H2,1H3,(H,18,21)(H,22,23)/t14-/m0/s1. The van der Waals surface area contributed by atoms with Gasteiger partial charge in [-0.1, -0.05) is 12.1 Å². The number of ether oxygens (including phenoxy) is 2. The second-order valence-electron chi connectivity index (χ2n) is 5.84. The summed E-state index contributed by atoms with van der Waals surface area (Å²) < 4.78 is 9.94. The van der Waals surface area contributed by atoms with Crippen LogP contribution in [0, 0.1) is 0 Å². The number of hydrogen-bond donors (Lipinski definition) is 2. The highest BCUT2D eigenvalue weighted by Gasteiger charge is 2.25. The molecule has 1 aliphatic heterocycles. The van der Waals surface area contributed by atoms with E-state index < -0.39 is 24.2 Å². The number of piperazine rings is 1. The summed E-state index contributed by atoms with van der Waals surface area (Å²) in [6.45, 7) is 1.40. The first kappa shape index (κ1) is 20.0. The molecule has 0 spiro atoms. The Morgan fingerprint density at radius 2 is 1.67 bits per heavy atom. The van der Waals surface area contributed by atoms with Crippen molar-refractivity contribution in [3.05, 3.63) is 29.8 Å². The number of carboxylic acids is 1. The fraction of sp³-hybridized carbons (Fsp3) is 0.412. The van der Waals surface area contributed by atoms with Gasteiger partial charge in [-0.15, -0.1) is 0 Å². The second kappa shape index (κ2) is 9.41. The lowest BCUT2D eigenvalue weighted by atomic mass is 10.1. The fourth-order valence-corrected chi connectivity index (χ4v) is 2.60. The summed E-state index contributed by atoms with van der Waals surface area (Å²) in [6, 6.07) is 5.33. The lowest BCUT2D eigenvalue weighted by molar-refractivity contribution is -0.140. The van der Waals surface area contributed by atoms with Crippen molar-refractivity contribution in [3.8, 4) is 5.75 Å². The molecule has 1 heterocycles. The first-order valence-corrected chi connectivity index (χ1v) is 8.25. The Balaban J connectivity index is 1.87. The molecule has 0 aromatic heterocycles. The summed E-state index contributed by atoms with van der Waals surface area (Å²) in [6.07, 6.45) is -0.507. The van der Waals surface area contributed by atoms with E-state index in [1.807, 2.05) is 0 Å². The normalized spacial score (nSPS) is 14.9. The zero-order valence-electron chi connectivity index (χ0n) is 14.8. The molecule has 1 fully saturated rings. The summed E-state index contributed by atoms with van der Waals surface area (Å²) in [5.74, 6) is -0.821. The molecule has 1 aromatic carbocycles. The predicted octanol–water partition coefficient (Wildman–Crippen LogP) is 0.311. The predicted molar refractivity (Wildman–Crippen MR) is 92.3 cm³/mol. The molecule has 0 bridgehead atoms. The molecule has 27 heavy (non-hydrogen) atoms. The summed E-state index contributed by atoms with van der Waals surface area (Å²) in [5.41, 5.74) is 0.670. The zero-order valence-corrected chi connectivity index (χ0v) is 14.8. The monoisotopic (exact) mass is 379 g/mol. The Kier molecular flexibility index (Phi) is 6.98. The molecule has 0 radical (unpaired) electrons. The van der Waals surface area contributed by atoms with Gasteiger partial charge in [0, 0.05) is 32.6 Å². The number of carbonyl (C=O) groups excluding carboxylic acids is 3. The van der Waals surface area contributed by atoms with Crippen molar-refractivity contribution < 1.29 is 33.8 Å². The SMILES string of the molecule is COC(=O)N1CCN(C(=O)Oc2ccc(C[C@H](NC=O)C(=O)O)cc2)CC1. The Bertz CT molecular complexity index is 684. The average Bonchev–Trinajstić information content (AvgIpc) is 2.68. The van der Waals surface area contributed by atoms with Crippen LogP contribution in [0.2, 0.25) is 0 Å². The van der Waals surface area contributed by atoms with Crippen LogP contribution >= 0.6 is 0 Å². The van der Waals surface area contributed by atoms with E-state index >= 15 is 0 Å². The minimum absolute atomic E-state index is 0.109. The van der Waals surface area contributed by atoms with Gasteiger partial charge in [-0.2, -0.15) is 0 Å². The van der Waals surface area contributed by atoms with E-state index in [9.17, 15) is 19.2 Å². The maximum atomic E-state index is 12.2. The largest absolute Gasteiger partial charge is 0.480 e. The molecule has 1 aromatic rings. The van der Waals surface area contributed by atoms with Gasteiger partial charge >= 0.3 is 18.2 Å². The third-order valence-corrected chi connectivity index (χ3v) is 4.11. The highest BCUT2D eigenvalue weighted by molar-refractivity contribution is 5.76. The van der Waals surface area contributed by atoms with E-state index in [0.717, 1.165) is 0 Å². The highest BCUT2D eigenvalue weighted by atomic mass is 16.6. The van der Waals surface area contributed by atoms with Crippen molar-refractivity contribution in [1.82, 2.24) is 15.1 Å². The van der Waals surface area contributed by atoms with E-state index in [-0.39, 0.29) is 6.42 Å². The third kappa shape index (κ3) is 5.59. The molecule has 10 nitrogen and oxygen atoms in total. The lowest BCUT2D eigenvalue weighted by Crippen LogP contribution is -2.51. The van der Waals surface area contributed by atoms with Gasteiger partial charge in [0.15, 0.2) is 0 Å². The van der Waals surface area contributed by atoms with Gasteiger partial charge < -0.3 is 29.7 Å². The Labute approximate surface area is 155 Å². The van der Waals surface area contributed by atoms with Gasteiger partial charge in [-0.3, -0.25) is 4.79 Å². The summed E-state index contributed by atoms with van der Waals surface area (Å²) in [4.78, 5) is 48.1. The van der Waals surface area contributed by atoms with Crippen molar-refractivity contribution >= 4 is 24.6 Å². The van der Waals surface area contributed by atoms with Crippen molar-refractivity contribution in [2.45, 2.75) is 12.5 Å². The van der Waals surface area contributed by atoms with Crippen molar-refractivity contribution in [3.63, 3.8) is 0 Å². The molecule has 0 saturated carbocycles. The molecule has 1 aliphatic rings. The van der Waals surface area contributed by atoms with Gasteiger partial charge in [0.25, 0.3) is 0 Å². The van der Waals surface area contributed by atoms with E-state index in [2.05, 4.69) is 10.1 Å². The van der Waals surface area contributed by atoms with Gasteiger partial charge in [-0.05, 0) is 17.7 Å². The maximum absolute atomic E-state index is 12.2. The molecule has 10 heteroatoms. The van der Waals surface area contributed by atoms with Crippen LogP contribution in [0.5, 0.6) is 5.75 Å². The number of benzene rings is 1. The van der Waals surface area contributed by atoms with Crippen molar-refractivity contribution in [1.29, 1.82) is 0 Å². The van der Waals surface area contributed by atoms with Crippen LogP contribution in [0.3, 0.4) is 0 Å². The van der Waals surface area contributed by atoms with E-state index in [1.165, 1.54) is 16.9 Å². The molecule has 2 N–H and O–H groups in total. The van der Waals surface area contributed by atoms with Gasteiger partial charge in [0.1, 0.15) is 11.8 Å². The molecule has 146 valence electrons. The first-order valence-electron chi connectivity index (χ1n) is 8.25. The summed E-state index contributed by atoms with van der Waals surface area (Å²) in [7, 11) is 1.31. The minimum Gasteiger partial charge on any atom is -0.480 e. The summed E-state index contributed by atoms with van der Waals surface area (Å²) >= 11 is 0. The van der Waals surface area contributed by atoms with Crippen LogP contribution in [0.25, 0.3) is 0 Å². The lowest BCUT2D eigenvalue weighted by Gasteiger charge is -2.33. The van der Waals surface area contributed by atoms with Crippen LogP contribution in [0.15, 0.2) is 24.3 Å². The van der Waals surface area contributed by atoms with Crippen LogP contribution in [-0.2, 0) is 20.7 Å². The number of hydrogen-bond acceptors (Lipinski definition) is 6. The van der Waals surface area contributed by atoms with Crippen LogP contribution in [-0.4, -0.2) is 78.8 Å².